The van der Waals surface area contributed by atoms with Crippen LogP contribution < -0.4 is 0 Å². The summed E-state index contributed by atoms with van der Waals surface area (Å²) in [4.78, 5) is 37.7. The molecule has 0 saturated carbocycles. The molecule has 0 amide bonds. The van der Waals surface area contributed by atoms with Crippen molar-refractivity contribution in [1.29, 1.82) is 0 Å². The van der Waals surface area contributed by atoms with Gasteiger partial charge in [-0.1, -0.05) is 220 Å². The number of carbonyl (C=O) groups is 3. The van der Waals surface area contributed by atoms with Crippen LogP contribution in [0.5, 0.6) is 0 Å². The zero-order valence-electron chi connectivity index (χ0n) is 36.0. The van der Waals surface area contributed by atoms with Crippen molar-refractivity contribution in [2.45, 2.75) is 265 Å². The predicted octanol–water partition coefficient (Wildman–Crippen LogP) is 14.7. The Bertz CT molecular complexity index is 798. The second-order valence-corrected chi connectivity index (χ2v) is 16.3. The fraction of sp³-hybridized carbons (Fsp3) is 0.936. The van der Waals surface area contributed by atoms with Crippen LogP contribution in [0.1, 0.15) is 259 Å². The molecule has 0 bridgehead atoms. The molecule has 6 nitrogen and oxygen atoms in total. The highest BCUT2D eigenvalue weighted by Crippen LogP contribution is 2.17. The molecule has 0 aliphatic heterocycles. The topological polar surface area (TPSA) is 78.9 Å². The lowest BCUT2D eigenvalue weighted by Gasteiger charge is -2.18. The Balaban J connectivity index is 4.33. The summed E-state index contributed by atoms with van der Waals surface area (Å²) in [5.41, 5.74) is 0. The number of hydrogen-bond donors (Lipinski definition) is 0. The molecule has 0 aromatic heterocycles. The lowest BCUT2D eigenvalue weighted by molar-refractivity contribution is -0.167. The standard InChI is InChI=1S/C47H90O6/c1-5-8-10-12-14-16-18-19-20-22-24-26-32-36-40-47(50)53-44(42-52-46(49)39-35-31-28-27-29-33-37-43(4)7-3)41-51-45(48)38-34-30-25-23-21-17-15-13-11-9-6-2/h43-44H,5-42H2,1-4H3/t43?,44-/m1/s1. The summed E-state index contributed by atoms with van der Waals surface area (Å²) in [5, 5.41) is 0. The lowest BCUT2D eigenvalue weighted by atomic mass is 10.00. The van der Waals surface area contributed by atoms with Gasteiger partial charge in [-0.3, -0.25) is 14.4 Å². The average Bonchev–Trinajstić information content (AvgIpc) is 3.15. The van der Waals surface area contributed by atoms with Gasteiger partial charge in [0.05, 0.1) is 0 Å². The third-order valence-electron chi connectivity index (χ3n) is 10.9. The first-order chi connectivity index (χ1) is 25.9. The molecule has 0 saturated heterocycles. The molecule has 53 heavy (non-hydrogen) atoms. The van der Waals surface area contributed by atoms with Crippen molar-refractivity contribution in [2.24, 2.45) is 5.92 Å². The minimum Gasteiger partial charge on any atom is -0.462 e. The van der Waals surface area contributed by atoms with E-state index in [2.05, 4.69) is 27.7 Å². The van der Waals surface area contributed by atoms with Gasteiger partial charge in [-0.25, -0.2) is 0 Å². The summed E-state index contributed by atoms with van der Waals surface area (Å²) in [6.07, 6.45) is 40.8. The highest BCUT2D eigenvalue weighted by Gasteiger charge is 2.19. The Hall–Kier alpha value is -1.59. The minimum atomic E-state index is -0.759. The van der Waals surface area contributed by atoms with E-state index >= 15 is 0 Å². The number of esters is 3. The molecule has 0 aliphatic rings. The number of carbonyl (C=O) groups excluding carboxylic acids is 3. The highest BCUT2D eigenvalue weighted by molar-refractivity contribution is 5.71. The Labute approximate surface area is 329 Å². The molecule has 0 heterocycles. The molecule has 0 fully saturated rings. The van der Waals surface area contributed by atoms with Crippen LogP contribution in [0, 0.1) is 5.92 Å². The number of ether oxygens (including phenoxy) is 3. The molecule has 0 aliphatic carbocycles. The number of hydrogen-bond acceptors (Lipinski definition) is 6. The normalized spacial score (nSPS) is 12.5. The van der Waals surface area contributed by atoms with Crippen molar-refractivity contribution >= 4 is 17.9 Å². The summed E-state index contributed by atoms with van der Waals surface area (Å²) in [5.74, 6) is -0.0407. The van der Waals surface area contributed by atoms with E-state index in [1.807, 2.05) is 0 Å². The van der Waals surface area contributed by atoms with Gasteiger partial charge >= 0.3 is 17.9 Å². The van der Waals surface area contributed by atoms with Crippen molar-refractivity contribution in [1.82, 2.24) is 0 Å². The van der Waals surface area contributed by atoms with Gasteiger partial charge in [0.1, 0.15) is 13.2 Å². The molecule has 1 unspecified atom stereocenters. The van der Waals surface area contributed by atoms with Gasteiger partial charge in [0.15, 0.2) is 6.10 Å². The van der Waals surface area contributed by atoms with Crippen molar-refractivity contribution in [3.05, 3.63) is 0 Å². The first-order valence-corrected chi connectivity index (χ1v) is 23.4. The van der Waals surface area contributed by atoms with Crippen molar-refractivity contribution in [3.63, 3.8) is 0 Å². The van der Waals surface area contributed by atoms with Gasteiger partial charge in [0.25, 0.3) is 0 Å². The zero-order chi connectivity index (χ0) is 38.9. The highest BCUT2D eigenvalue weighted by atomic mass is 16.6. The van der Waals surface area contributed by atoms with Crippen LogP contribution in [0.25, 0.3) is 0 Å². The maximum Gasteiger partial charge on any atom is 0.306 e. The van der Waals surface area contributed by atoms with Gasteiger partial charge in [0, 0.05) is 19.3 Å². The maximum absolute atomic E-state index is 12.7. The fourth-order valence-corrected chi connectivity index (χ4v) is 6.95. The SMILES string of the molecule is CCCCCCCCCCCCCCCCC(=O)O[C@H](COC(=O)CCCCCCCCCCCCC)COC(=O)CCCCCCCCC(C)CC. The molecule has 0 radical (unpaired) electrons. The predicted molar refractivity (Wildman–Crippen MR) is 224 cm³/mol. The summed E-state index contributed by atoms with van der Waals surface area (Å²) in [6, 6.07) is 0. The van der Waals surface area contributed by atoms with Crippen LogP contribution in [-0.2, 0) is 28.6 Å². The van der Waals surface area contributed by atoms with Crippen LogP contribution in [0.3, 0.4) is 0 Å². The maximum atomic E-state index is 12.7. The molecule has 0 aromatic rings. The van der Waals surface area contributed by atoms with E-state index in [0.717, 1.165) is 63.7 Å². The molecule has 2 atom stereocenters. The second-order valence-electron chi connectivity index (χ2n) is 16.3. The quantitative estimate of drug-likeness (QED) is 0.0351. The van der Waals surface area contributed by atoms with Gasteiger partial charge in [-0.2, -0.15) is 0 Å². The van der Waals surface area contributed by atoms with E-state index in [9.17, 15) is 14.4 Å². The van der Waals surface area contributed by atoms with E-state index < -0.39 is 6.10 Å². The fourth-order valence-electron chi connectivity index (χ4n) is 6.95. The Morgan fingerprint density at radius 2 is 0.660 bits per heavy atom. The number of unbranched alkanes of at least 4 members (excludes halogenated alkanes) is 28. The van der Waals surface area contributed by atoms with Gasteiger partial charge in [0.2, 0.25) is 0 Å². The Kier molecular flexibility index (Phi) is 40.3. The van der Waals surface area contributed by atoms with Gasteiger partial charge in [-0.15, -0.1) is 0 Å². The van der Waals surface area contributed by atoms with Crippen LogP contribution in [0.4, 0.5) is 0 Å². The second kappa shape index (κ2) is 41.6. The van der Waals surface area contributed by atoms with Crippen LogP contribution in [-0.4, -0.2) is 37.2 Å². The monoisotopic (exact) mass is 751 g/mol. The average molecular weight is 751 g/mol. The van der Waals surface area contributed by atoms with E-state index in [-0.39, 0.29) is 31.1 Å². The summed E-state index contributed by atoms with van der Waals surface area (Å²) >= 11 is 0. The molecule has 0 rings (SSSR count). The molecule has 0 spiro atoms. The van der Waals surface area contributed by atoms with Gasteiger partial charge in [-0.05, 0) is 25.2 Å². The molecule has 0 aromatic carbocycles. The van der Waals surface area contributed by atoms with Crippen molar-refractivity contribution in [3.8, 4) is 0 Å². The Morgan fingerprint density at radius 3 is 0.981 bits per heavy atom. The van der Waals surface area contributed by atoms with E-state index in [0.29, 0.717) is 19.3 Å². The Morgan fingerprint density at radius 1 is 0.377 bits per heavy atom. The van der Waals surface area contributed by atoms with E-state index in [1.165, 1.54) is 154 Å². The van der Waals surface area contributed by atoms with Crippen LogP contribution in [0.15, 0.2) is 0 Å². The largest absolute Gasteiger partial charge is 0.462 e. The van der Waals surface area contributed by atoms with Crippen LogP contribution in [0.2, 0.25) is 0 Å². The van der Waals surface area contributed by atoms with E-state index in [4.69, 9.17) is 14.2 Å². The minimum absolute atomic E-state index is 0.0642. The van der Waals surface area contributed by atoms with Gasteiger partial charge < -0.3 is 14.2 Å². The third-order valence-corrected chi connectivity index (χ3v) is 10.9. The summed E-state index contributed by atoms with van der Waals surface area (Å²) in [7, 11) is 0. The molecular weight excluding hydrogens is 661 g/mol. The lowest BCUT2D eigenvalue weighted by Crippen LogP contribution is -2.30. The molecule has 0 N–H and O–H groups in total. The molecule has 314 valence electrons. The first kappa shape index (κ1) is 51.4. The molecular formula is C47H90O6. The van der Waals surface area contributed by atoms with E-state index in [1.54, 1.807) is 0 Å². The number of rotatable bonds is 42. The molecule has 6 heteroatoms. The summed E-state index contributed by atoms with van der Waals surface area (Å²) < 4.78 is 16.7. The first-order valence-electron chi connectivity index (χ1n) is 23.4. The third kappa shape index (κ3) is 39.9. The van der Waals surface area contributed by atoms with Crippen LogP contribution >= 0.6 is 0 Å². The van der Waals surface area contributed by atoms with Crippen molar-refractivity contribution in [2.75, 3.05) is 13.2 Å². The zero-order valence-corrected chi connectivity index (χ0v) is 36.0. The smallest absolute Gasteiger partial charge is 0.306 e. The summed E-state index contributed by atoms with van der Waals surface area (Å²) in [6.45, 7) is 8.97. The van der Waals surface area contributed by atoms with Crippen molar-refractivity contribution < 1.29 is 28.6 Å².